The van der Waals surface area contributed by atoms with Crippen LogP contribution in [0.2, 0.25) is 0 Å². The zero-order chi connectivity index (χ0) is 20.5. The normalized spacial score (nSPS) is 18.8. The lowest BCUT2D eigenvalue weighted by Crippen LogP contribution is -2.30. The Morgan fingerprint density at radius 1 is 1.07 bits per heavy atom. The molecule has 2 aromatic carbocycles. The van der Waals surface area contributed by atoms with Gasteiger partial charge in [0.2, 0.25) is 0 Å². The predicted molar refractivity (Wildman–Crippen MR) is 115 cm³/mol. The molecule has 6 heteroatoms. The maximum absolute atomic E-state index is 13.2. The Morgan fingerprint density at radius 2 is 1.90 bits per heavy atom. The van der Waals surface area contributed by atoms with Crippen LogP contribution >= 0.6 is 0 Å². The quantitative estimate of drug-likeness (QED) is 0.553. The van der Waals surface area contributed by atoms with E-state index >= 15 is 0 Å². The van der Waals surface area contributed by atoms with Gasteiger partial charge in [-0.3, -0.25) is 9.78 Å². The number of amides is 1. The molecule has 0 unspecified atom stereocenters. The second-order valence-corrected chi connectivity index (χ2v) is 7.72. The molecule has 6 nitrogen and oxygen atoms in total. The zero-order valence-electron chi connectivity index (χ0n) is 16.4. The van der Waals surface area contributed by atoms with Crippen LogP contribution in [0.3, 0.4) is 0 Å². The number of hydrogen-bond acceptors (Lipinski definition) is 4. The van der Waals surface area contributed by atoms with Crippen molar-refractivity contribution in [1.82, 2.24) is 19.9 Å². The number of benzene rings is 2. The number of imidazole rings is 1. The van der Waals surface area contributed by atoms with Gasteiger partial charge in [0, 0.05) is 48.0 Å². The predicted octanol–water partition coefficient (Wildman–Crippen LogP) is 3.30. The van der Waals surface area contributed by atoms with Crippen LogP contribution in [0, 0.1) is 5.92 Å². The summed E-state index contributed by atoms with van der Waals surface area (Å²) in [4.78, 5) is 27.0. The van der Waals surface area contributed by atoms with Crippen LogP contribution < -0.4 is 0 Å². The lowest BCUT2D eigenvalue weighted by atomic mass is 9.99. The minimum Gasteiger partial charge on any atom is -0.391 e. The maximum atomic E-state index is 13.2. The Kier molecular flexibility index (Phi) is 4.77. The van der Waals surface area contributed by atoms with Crippen LogP contribution in [0.4, 0.5) is 0 Å². The highest BCUT2D eigenvalue weighted by Crippen LogP contribution is 2.27. The van der Waals surface area contributed by atoms with E-state index < -0.39 is 6.10 Å². The number of carbonyl (C=O) groups is 1. The van der Waals surface area contributed by atoms with E-state index in [1.54, 1.807) is 17.3 Å². The Bertz CT molecular complexity index is 1190. The molecule has 30 heavy (non-hydrogen) atoms. The van der Waals surface area contributed by atoms with E-state index in [0.717, 1.165) is 22.2 Å². The molecular formula is C24H22N4O2. The Hall–Kier alpha value is -3.51. The van der Waals surface area contributed by atoms with Crippen molar-refractivity contribution in [3.05, 3.63) is 84.3 Å². The summed E-state index contributed by atoms with van der Waals surface area (Å²) < 4.78 is 0. The molecule has 0 radical (unpaired) electrons. The molecule has 1 aliphatic heterocycles. The van der Waals surface area contributed by atoms with E-state index in [2.05, 4.69) is 16.0 Å². The van der Waals surface area contributed by atoms with Crippen molar-refractivity contribution >= 4 is 16.8 Å². The lowest BCUT2D eigenvalue weighted by Gasteiger charge is -2.18. The number of likely N-dealkylation sites (tertiary alicyclic amines) is 1. The molecule has 3 heterocycles. The molecule has 1 saturated heterocycles. The summed E-state index contributed by atoms with van der Waals surface area (Å²) in [6, 6.07) is 19.5. The number of nitrogens with zero attached hydrogens (tertiary/aromatic N) is 3. The Morgan fingerprint density at radius 3 is 2.77 bits per heavy atom. The first-order valence-corrected chi connectivity index (χ1v) is 10.1. The van der Waals surface area contributed by atoms with Gasteiger partial charge in [-0.25, -0.2) is 4.98 Å². The maximum Gasteiger partial charge on any atom is 0.254 e. The summed E-state index contributed by atoms with van der Waals surface area (Å²) >= 11 is 0. The van der Waals surface area contributed by atoms with Crippen molar-refractivity contribution in [3.63, 3.8) is 0 Å². The number of nitrogens with one attached hydrogen (secondary N) is 1. The van der Waals surface area contributed by atoms with E-state index in [1.165, 1.54) is 0 Å². The number of rotatable bonds is 4. The minimum atomic E-state index is -0.571. The smallest absolute Gasteiger partial charge is 0.254 e. The van der Waals surface area contributed by atoms with Gasteiger partial charge in [-0.05, 0) is 24.6 Å². The third kappa shape index (κ3) is 3.46. The number of aliphatic hydroxyl groups excluding tert-OH is 1. The number of hydrogen-bond donors (Lipinski definition) is 2. The van der Waals surface area contributed by atoms with Crippen molar-refractivity contribution in [3.8, 4) is 11.4 Å². The molecule has 2 atom stereocenters. The lowest BCUT2D eigenvalue weighted by molar-refractivity contribution is 0.0765. The topological polar surface area (TPSA) is 82.1 Å². The number of H-pyrrole nitrogens is 1. The average molecular weight is 398 g/mol. The van der Waals surface area contributed by atoms with Crippen LogP contribution in [0.25, 0.3) is 22.3 Å². The fourth-order valence-electron chi connectivity index (χ4n) is 4.17. The summed E-state index contributed by atoms with van der Waals surface area (Å²) in [5, 5.41) is 11.7. The fourth-order valence-corrected chi connectivity index (χ4v) is 4.17. The number of aromatic amines is 1. The minimum absolute atomic E-state index is 0.0432. The fraction of sp³-hybridized carbons (Fsp3) is 0.208. The number of pyridine rings is 1. The van der Waals surface area contributed by atoms with E-state index in [0.29, 0.717) is 30.9 Å². The molecule has 4 aromatic rings. The first-order chi connectivity index (χ1) is 14.7. The molecule has 0 spiro atoms. The van der Waals surface area contributed by atoms with Gasteiger partial charge in [0.25, 0.3) is 5.91 Å². The summed E-state index contributed by atoms with van der Waals surface area (Å²) in [7, 11) is 0. The molecule has 0 saturated carbocycles. The van der Waals surface area contributed by atoms with Crippen molar-refractivity contribution in [2.24, 2.45) is 5.92 Å². The monoisotopic (exact) mass is 398 g/mol. The molecule has 150 valence electrons. The van der Waals surface area contributed by atoms with Gasteiger partial charge >= 0.3 is 0 Å². The third-order valence-corrected chi connectivity index (χ3v) is 5.73. The van der Waals surface area contributed by atoms with Gasteiger partial charge in [-0.2, -0.15) is 0 Å². The number of carbonyl (C=O) groups excluding carboxylic acids is 1. The third-order valence-electron chi connectivity index (χ3n) is 5.73. The number of para-hydroxylation sites is 1. The van der Waals surface area contributed by atoms with Crippen molar-refractivity contribution in [1.29, 1.82) is 0 Å². The highest BCUT2D eigenvalue weighted by Gasteiger charge is 2.35. The zero-order valence-corrected chi connectivity index (χ0v) is 16.4. The summed E-state index contributed by atoms with van der Waals surface area (Å²) in [6.45, 7) is 0.824. The molecule has 1 amide bonds. The van der Waals surface area contributed by atoms with Gasteiger partial charge in [-0.1, -0.05) is 42.5 Å². The molecule has 1 fully saturated rings. The van der Waals surface area contributed by atoms with Crippen molar-refractivity contribution in [2.45, 2.75) is 12.5 Å². The highest BCUT2D eigenvalue weighted by molar-refractivity contribution is 6.00. The van der Waals surface area contributed by atoms with Crippen LogP contribution in [-0.4, -0.2) is 50.1 Å². The summed E-state index contributed by atoms with van der Waals surface area (Å²) in [6.07, 6.45) is 3.47. The van der Waals surface area contributed by atoms with Crippen LogP contribution in [-0.2, 0) is 6.42 Å². The molecular weight excluding hydrogens is 376 g/mol. The molecule has 1 aliphatic rings. The Balaban J connectivity index is 1.35. The highest BCUT2D eigenvalue weighted by atomic mass is 16.3. The van der Waals surface area contributed by atoms with Crippen LogP contribution in [0.1, 0.15) is 16.1 Å². The van der Waals surface area contributed by atoms with E-state index in [-0.39, 0.29) is 11.8 Å². The van der Waals surface area contributed by atoms with Gasteiger partial charge in [0.1, 0.15) is 5.82 Å². The van der Waals surface area contributed by atoms with Crippen LogP contribution in [0.15, 0.2) is 73.1 Å². The number of β-amino-alcohol motifs (C(OH)–C–C–N with tert-alkyl or cyclic N) is 1. The molecule has 0 bridgehead atoms. The second kappa shape index (κ2) is 7.72. The van der Waals surface area contributed by atoms with Gasteiger partial charge < -0.3 is 15.0 Å². The number of fused-ring (bicyclic) bond motifs is 1. The molecule has 5 rings (SSSR count). The largest absolute Gasteiger partial charge is 0.391 e. The second-order valence-electron chi connectivity index (χ2n) is 7.72. The van der Waals surface area contributed by atoms with Crippen molar-refractivity contribution in [2.75, 3.05) is 13.1 Å². The average Bonchev–Trinajstić information content (AvgIpc) is 3.44. The van der Waals surface area contributed by atoms with E-state index in [9.17, 15) is 9.90 Å². The molecule has 2 aromatic heterocycles. The van der Waals surface area contributed by atoms with Gasteiger partial charge in [-0.15, -0.1) is 0 Å². The molecule has 2 N–H and O–H groups in total. The summed E-state index contributed by atoms with van der Waals surface area (Å²) in [5.74, 6) is 0.531. The molecule has 0 aliphatic carbocycles. The Labute approximate surface area is 174 Å². The standard InChI is InChI=1S/C24H22N4O2/c29-22-15-28(24(30)20-7-3-2-6-19(20)23-25-11-12-26-23)14-17(22)13-18-10-9-16-5-1-4-8-21(16)27-18/h1-12,17,22,29H,13-15H2,(H,25,26)/t17-,22-/m1/s1. The van der Waals surface area contributed by atoms with E-state index in [4.69, 9.17) is 4.98 Å². The number of aliphatic hydroxyl groups is 1. The van der Waals surface area contributed by atoms with Crippen LogP contribution in [0.5, 0.6) is 0 Å². The first-order valence-electron chi connectivity index (χ1n) is 10.1. The van der Waals surface area contributed by atoms with Gasteiger partial charge in [0.15, 0.2) is 0 Å². The van der Waals surface area contributed by atoms with Crippen molar-refractivity contribution < 1.29 is 9.90 Å². The number of aromatic nitrogens is 3. The van der Waals surface area contributed by atoms with E-state index in [1.807, 2.05) is 54.6 Å². The van der Waals surface area contributed by atoms with Gasteiger partial charge in [0.05, 0.1) is 17.2 Å². The first kappa shape index (κ1) is 18.5. The summed E-state index contributed by atoms with van der Waals surface area (Å²) in [5.41, 5.74) is 3.23. The SMILES string of the molecule is O=C(c1ccccc1-c1ncc[nH]1)N1C[C@@H](Cc2ccc3ccccc3n2)[C@H](O)C1.